The highest BCUT2D eigenvalue weighted by Crippen LogP contribution is 2.39. The molecule has 1 unspecified atom stereocenters. The molecule has 0 aromatic heterocycles. The lowest BCUT2D eigenvalue weighted by Crippen LogP contribution is -2.54. The van der Waals surface area contributed by atoms with Gasteiger partial charge in [0.2, 0.25) is 0 Å². The lowest BCUT2D eigenvalue weighted by Gasteiger charge is -2.39. The average molecular weight is 240 g/mol. The van der Waals surface area contributed by atoms with Crippen LogP contribution in [0.1, 0.15) is 45.4 Å². The van der Waals surface area contributed by atoms with E-state index in [0.717, 1.165) is 38.9 Å². The van der Waals surface area contributed by atoms with Crippen LogP contribution in [-0.2, 0) is 9.47 Å². The minimum absolute atomic E-state index is 0.102. The van der Waals surface area contributed by atoms with Gasteiger partial charge in [0, 0.05) is 6.61 Å². The maximum absolute atomic E-state index is 6.06. The van der Waals surface area contributed by atoms with Crippen LogP contribution in [0, 0.1) is 0 Å². The van der Waals surface area contributed by atoms with Gasteiger partial charge in [0.1, 0.15) is 0 Å². The number of ether oxygens (including phenoxy) is 2. The molecule has 3 N–H and O–H groups in total. The lowest BCUT2D eigenvalue weighted by molar-refractivity contribution is -0.0548. The molecule has 0 amide bonds. The van der Waals surface area contributed by atoms with Crippen LogP contribution in [0.15, 0.2) is 11.8 Å². The van der Waals surface area contributed by atoms with Crippen molar-refractivity contribution in [2.75, 3.05) is 13.2 Å². The quantitative estimate of drug-likeness (QED) is 0.569. The number of nitrogens with two attached hydrogens (primary N) is 1. The molecule has 0 aromatic rings. The third-order valence-corrected chi connectivity index (χ3v) is 3.91. The number of hydrogen-bond acceptors (Lipinski definition) is 4. The van der Waals surface area contributed by atoms with Crippen LogP contribution in [0.2, 0.25) is 0 Å². The Morgan fingerprint density at radius 2 is 2.24 bits per heavy atom. The van der Waals surface area contributed by atoms with Gasteiger partial charge < -0.3 is 9.47 Å². The summed E-state index contributed by atoms with van der Waals surface area (Å²) in [7, 11) is 0. The van der Waals surface area contributed by atoms with Crippen molar-refractivity contribution in [1.82, 2.24) is 5.43 Å². The SMILES string of the molecule is CCOC1(C(NN)C2=COCCC2)CCCC1. The minimum atomic E-state index is -0.115. The minimum Gasteiger partial charge on any atom is -0.501 e. The topological polar surface area (TPSA) is 56.5 Å². The normalized spacial score (nSPS) is 25.2. The second-order valence-electron chi connectivity index (χ2n) is 4.97. The summed E-state index contributed by atoms with van der Waals surface area (Å²) in [5.41, 5.74) is 4.11. The van der Waals surface area contributed by atoms with Crippen molar-refractivity contribution >= 4 is 0 Å². The molecule has 1 aliphatic heterocycles. The van der Waals surface area contributed by atoms with E-state index in [0.29, 0.717) is 0 Å². The highest BCUT2D eigenvalue weighted by molar-refractivity contribution is 5.18. The summed E-state index contributed by atoms with van der Waals surface area (Å²) in [5, 5.41) is 0. The monoisotopic (exact) mass is 240 g/mol. The van der Waals surface area contributed by atoms with E-state index >= 15 is 0 Å². The first kappa shape index (κ1) is 12.9. The van der Waals surface area contributed by atoms with Gasteiger partial charge in [-0.1, -0.05) is 12.8 Å². The summed E-state index contributed by atoms with van der Waals surface area (Å²) in [5.74, 6) is 5.77. The van der Waals surface area contributed by atoms with Gasteiger partial charge in [-0.15, -0.1) is 0 Å². The first-order valence-corrected chi connectivity index (χ1v) is 6.73. The summed E-state index contributed by atoms with van der Waals surface area (Å²) in [6.45, 7) is 3.62. The van der Waals surface area contributed by atoms with Crippen LogP contribution in [0.5, 0.6) is 0 Å². The Morgan fingerprint density at radius 1 is 1.47 bits per heavy atom. The van der Waals surface area contributed by atoms with E-state index in [2.05, 4.69) is 12.3 Å². The van der Waals surface area contributed by atoms with Crippen molar-refractivity contribution in [3.05, 3.63) is 11.8 Å². The van der Waals surface area contributed by atoms with Gasteiger partial charge in [0.05, 0.1) is 24.5 Å². The Kier molecular flexibility index (Phi) is 4.42. The average Bonchev–Trinajstić information content (AvgIpc) is 2.81. The summed E-state index contributed by atoms with van der Waals surface area (Å²) >= 11 is 0. The summed E-state index contributed by atoms with van der Waals surface area (Å²) in [6.07, 6.45) is 8.65. The van der Waals surface area contributed by atoms with Gasteiger partial charge in [0.25, 0.3) is 0 Å². The van der Waals surface area contributed by atoms with Crippen molar-refractivity contribution in [2.24, 2.45) is 5.84 Å². The van der Waals surface area contributed by atoms with Crippen LogP contribution in [0.4, 0.5) is 0 Å². The molecule has 17 heavy (non-hydrogen) atoms. The van der Waals surface area contributed by atoms with Crippen LogP contribution < -0.4 is 11.3 Å². The standard InChI is InChI=1S/C13H24N2O2/c1-2-17-13(7-3-4-8-13)12(15-14)11-6-5-9-16-10-11/h10,12,15H,2-9,14H2,1H3. The smallest absolute Gasteiger partial charge is 0.0887 e. The first-order chi connectivity index (χ1) is 8.32. The van der Waals surface area contributed by atoms with E-state index in [1.807, 2.05) is 6.26 Å². The molecule has 4 heteroatoms. The van der Waals surface area contributed by atoms with Crippen LogP contribution in [0.3, 0.4) is 0 Å². The molecule has 4 nitrogen and oxygen atoms in total. The molecule has 0 radical (unpaired) electrons. The number of nitrogens with one attached hydrogen (secondary N) is 1. The molecule has 2 rings (SSSR count). The third-order valence-electron chi connectivity index (χ3n) is 3.91. The van der Waals surface area contributed by atoms with Gasteiger partial charge in [-0.05, 0) is 38.2 Å². The zero-order valence-corrected chi connectivity index (χ0v) is 10.7. The van der Waals surface area contributed by atoms with Gasteiger partial charge in [0.15, 0.2) is 0 Å². The van der Waals surface area contributed by atoms with Gasteiger partial charge in [-0.25, -0.2) is 0 Å². The fraction of sp³-hybridized carbons (Fsp3) is 0.846. The Labute approximate surface area is 104 Å². The summed E-state index contributed by atoms with van der Waals surface area (Å²) < 4.78 is 11.5. The molecule has 0 spiro atoms. The van der Waals surface area contributed by atoms with E-state index in [-0.39, 0.29) is 11.6 Å². The fourth-order valence-electron chi connectivity index (χ4n) is 3.17. The second-order valence-corrected chi connectivity index (χ2v) is 4.97. The Hall–Kier alpha value is -0.580. The number of hydrogen-bond donors (Lipinski definition) is 2. The van der Waals surface area contributed by atoms with E-state index in [9.17, 15) is 0 Å². The molecule has 1 fully saturated rings. The zero-order valence-electron chi connectivity index (χ0n) is 10.7. The fourth-order valence-corrected chi connectivity index (χ4v) is 3.17. The summed E-state index contributed by atoms with van der Waals surface area (Å²) in [4.78, 5) is 0. The van der Waals surface area contributed by atoms with E-state index in [1.165, 1.54) is 18.4 Å². The second kappa shape index (κ2) is 5.85. The lowest BCUT2D eigenvalue weighted by atomic mass is 9.85. The predicted octanol–water partition coefficient (Wildman–Crippen LogP) is 1.86. The maximum atomic E-state index is 6.06. The summed E-state index contributed by atoms with van der Waals surface area (Å²) in [6, 6.07) is 0.102. The largest absolute Gasteiger partial charge is 0.501 e. The third kappa shape index (κ3) is 2.64. The van der Waals surface area contributed by atoms with Crippen LogP contribution in [0.25, 0.3) is 0 Å². The molecule has 1 atom stereocenters. The zero-order chi connectivity index (χ0) is 12.1. The molecule has 1 heterocycles. The van der Waals surface area contributed by atoms with E-state index < -0.39 is 0 Å². The molecule has 1 aliphatic carbocycles. The molecular formula is C13H24N2O2. The Balaban J connectivity index is 2.16. The van der Waals surface area contributed by atoms with E-state index in [4.69, 9.17) is 15.3 Å². The van der Waals surface area contributed by atoms with E-state index in [1.54, 1.807) is 0 Å². The highest BCUT2D eigenvalue weighted by atomic mass is 16.5. The molecule has 98 valence electrons. The van der Waals surface area contributed by atoms with Crippen molar-refractivity contribution in [1.29, 1.82) is 0 Å². The Morgan fingerprint density at radius 3 is 2.76 bits per heavy atom. The van der Waals surface area contributed by atoms with Gasteiger partial charge >= 0.3 is 0 Å². The van der Waals surface area contributed by atoms with Crippen molar-refractivity contribution in [3.63, 3.8) is 0 Å². The molecule has 0 saturated heterocycles. The van der Waals surface area contributed by atoms with Crippen molar-refractivity contribution < 1.29 is 9.47 Å². The van der Waals surface area contributed by atoms with Crippen molar-refractivity contribution in [3.8, 4) is 0 Å². The van der Waals surface area contributed by atoms with Crippen molar-refractivity contribution in [2.45, 2.75) is 57.1 Å². The molecule has 0 bridgehead atoms. The Bertz CT molecular complexity index is 273. The van der Waals surface area contributed by atoms with Crippen LogP contribution >= 0.6 is 0 Å². The molecular weight excluding hydrogens is 216 g/mol. The number of rotatable bonds is 5. The maximum Gasteiger partial charge on any atom is 0.0887 e. The molecule has 0 aromatic carbocycles. The predicted molar refractivity (Wildman–Crippen MR) is 67.2 cm³/mol. The molecule has 2 aliphatic rings. The first-order valence-electron chi connectivity index (χ1n) is 6.73. The van der Waals surface area contributed by atoms with Gasteiger partial charge in [-0.3, -0.25) is 11.3 Å². The highest BCUT2D eigenvalue weighted by Gasteiger charge is 2.43. The van der Waals surface area contributed by atoms with Crippen LogP contribution in [-0.4, -0.2) is 24.9 Å². The van der Waals surface area contributed by atoms with Gasteiger partial charge in [-0.2, -0.15) is 0 Å². The number of hydrazine groups is 1. The molecule has 1 saturated carbocycles.